The third-order valence-corrected chi connectivity index (χ3v) is 6.65. The normalized spacial score (nSPS) is 12.2. The third kappa shape index (κ3) is 7.78. The second kappa shape index (κ2) is 11.9. The van der Waals surface area contributed by atoms with E-state index in [1.807, 2.05) is 0 Å². The highest BCUT2D eigenvalue weighted by atomic mass is 35.5. The van der Waals surface area contributed by atoms with Gasteiger partial charge < -0.3 is 10.2 Å². The first-order chi connectivity index (χ1) is 15.5. The number of carbonyl (C=O) groups is 2. The number of rotatable bonds is 10. The third-order valence-electron chi connectivity index (χ3n) is 4.82. The molecule has 0 saturated carbocycles. The van der Waals surface area contributed by atoms with Gasteiger partial charge in [-0.25, -0.2) is 8.42 Å². The Bertz CT molecular complexity index is 1070. The van der Waals surface area contributed by atoms with Gasteiger partial charge in [0.15, 0.2) is 0 Å². The summed E-state index contributed by atoms with van der Waals surface area (Å²) in [5.74, 6) is -0.872. The first-order valence-corrected chi connectivity index (χ1v) is 13.2. The van der Waals surface area contributed by atoms with E-state index in [-0.39, 0.29) is 28.2 Å². The lowest BCUT2D eigenvalue weighted by Gasteiger charge is -2.32. The van der Waals surface area contributed by atoms with Crippen molar-refractivity contribution >= 4 is 62.3 Å². The lowest BCUT2D eigenvalue weighted by atomic mass is 10.1. The highest BCUT2D eigenvalue weighted by Crippen LogP contribution is 2.27. The molecule has 0 aromatic heterocycles. The predicted molar refractivity (Wildman–Crippen MR) is 133 cm³/mol. The molecule has 0 aliphatic heterocycles. The summed E-state index contributed by atoms with van der Waals surface area (Å²) in [5, 5.41) is 3.73. The van der Waals surface area contributed by atoms with E-state index < -0.39 is 28.5 Å². The summed E-state index contributed by atoms with van der Waals surface area (Å²) in [5.41, 5.74) is 0.896. The van der Waals surface area contributed by atoms with Gasteiger partial charge in [-0.1, -0.05) is 53.9 Å². The van der Waals surface area contributed by atoms with E-state index in [9.17, 15) is 18.0 Å². The van der Waals surface area contributed by atoms with Gasteiger partial charge in [-0.15, -0.1) is 0 Å². The summed E-state index contributed by atoms with van der Waals surface area (Å²) in [4.78, 5) is 27.6. The maximum absolute atomic E-state index is 13.5. The number of nitrogens with one attached hydrogen (secondary N) is 1. The number of likely N-dealkylation sites (N-methyl/N-ethyl adjacent to an activating group) is 1. The van der Waals surface area contributed by atoms with Crippen LogP contribution in [0.1, 0.15) is 25.8 Å². The summed E-state index contributed by atoms with van der Waals surface area (Å²) in [6.07, 6.45) is 1.33. The second-order valence-electron chi connectivity index (χ2n) is 7.36. The van der Waals surface area contributed by atoms with Crippen molar-refractivity contribution in [1.82, 2.24) is 10.2 Å². The molecule has 2 aromatic rings. The van der Waals surface area contributed by atoms with E-state index in [1.165, 1.54) is 23.1 Å². The van der Waals surface area contributed by atoms with Crippen LogP contribution in [-0.4, -0.2) is 50.5 Å². The topological polar surface area (TPSA) is 86.8 Å². The van der Waals surface area contributed by atoms with Crippen molar-refractivity contribution in [1.29, 1.82) is 0 Å². The zero-order valence-electron chi connectivity index (χ0n) is 18.5. The van der Waals surface area contributed by atoms with Crippen LogP contribution in [0.25, 0.3) is 0 Å². The molecule has 33 heavy (non-hydrogen) atoms. The molecule has 0 bridgehead atoms. The van der Waals surface area contributed by atoms with Gasteiger partial charge in [-0.05, 0) is 49.2 Å². The van der Waals surface area contributed by atoms with Crippen molar-refractivity contribution in [2.75, 3.05) is 23.7 Å². The number of halogens is 3. The molecular weight excluding hydrogens is 509 g/mol. The fraction of sp³-hybridized carbons (Fsp3) is 0.364. The van der Waals surface area contributed by atoms with Crippen LogP contribution >= 0.6 is 34.8 Å². The highest BCUT2D eigenvalue weighted by molar-refractivity contribution is 7.92. The number of hydrogen-bond donors (Lipinski definition) is 1. The molecule has 0 heterocycles. The van der Waals surface area contributed by atoms with Crippen LogP contribution in [0, 0.1) is 0 Å². The van der Waals surface area contributed by atoms with Crippen molar-refractivity contribution in [3.8, 4) is 0 Å². The Morgan fingerprint density at radius 2 is 1.55 bits per heavy atom. The lowest BCUT2D eigenvalue weighted by molar-refractivity contribution is -0.140. The Morgan fingerprint density at radius 3 is 2.03 bits per heavy atom. The highest BCUT2D eigenvalue weighted by Gasteiger charge is 2.31. The molecule has 7 nitrogen and oxygen atoms in total. The summed E-state index contributed by atoms with van der Waals surface area (Å²) >= 11 is 18.1. The zero-order chi connectivity index (χ0) is 24.8. The molecule has 0 aliphatic rings. The molecule has 2 rings (SSSR count). The number of anilines is 1. The SMILES string of the molecule is CCNC(=O)[C@H](CC)N(Cc1ccc(Cl)cc1)C(=O)CN(c1cc(Cl)cc(Cl)c1)S(C)(=O)=O. The standard InChI is InChI=1S/C22H26Cl3N3O4S/c1-4-20(22(30)26-5-2)27(13-15-6-8-16(23)9-7-15)21(29)14-28(33(3,31)32)19-11-17(24)10-18(25)12-19/h6-12,20H,4-5,13-14H2,1-3H3,(H,26,30)/t20-/m0/s1. The van der Waals surface area contributed by atoms with E-state index in [4.69, 9.17) is 34.8 Å². The average molecular weight is 535 g/mol. The van der Waals surface area contributed by atoms with Crippen LogP contribution in [0.4, 0.5) is 5.69 Å². The van der Waals surface area contributed by atoms with E-state index in [1.54, 1.807) is 38.1 Å². The number of benzene rings is 2. The Balaban J connectivity index is 2.45. The molecule has 0 aliphatic carbocycles. The monoisotopic (exact) mass is 533 g/mol. The Morgan fingerprint density at radius 1 is 0.970 bits per heavy atom. The molecule has 180 valence electrons. The van der Waals surface area contributed by atoms with Crippen LogP contribution in [0.2, 0.25) is 15.1 Å². The van der Waals surface area contributed by atoms with Crippen LogP contribution in [0.15, 0.2) is 42.5 Å². The summed E-state index contributed by atoms with van der Waals surface area (Å²) in [7, 11) is -3.87. The minimum Gasteiger partial charge on any atom is -0.355 e. The summed E-state index contributed by atoms with van der Waals surface area (Å²) in [6, 6.07) is 10.4. The lowest BCUT2D eigenvalue weighted by Crippen LogP contribution is -2.52. The largest absolute Gasteiger partial charge is 0.355 e. The van der Waals surface area contributed by atoms with Crippen molar-refractivity contribution in [3.05, 3.63) is 63.1 Å². The van der Waals surface area contributed by atoms with E-state index in [0.29, 0.717) is 18.0 Å². The van der Waals surface area contributed by atoms with Crippen LogP contribution in [0.3, 0.4) is 0 Å². The van der Waals surface area contributed by atoms with Crippen LogP contribution in [0.5, 0.6) is 0 Å². The zero-order valence-corrected chi connectivity index (χ0v) is 21.6. The van der Waals surface area contributed by atoms with Gasteiger partial charge in [0, 0.05) is 28.2 Å². The number of amides is 2. The Hall–Kier alpha value is -2.00. The molecule has 0 unspecified atom stereocenters. The molecule has 0 saturated heterocycles. The van der Waals surface area contributed by atoms with Gasteiger partial charge >= 0.3 is 0 Å². The van der Waals surface area contributed by atoms with E-state index in [2.05, 4.69) is 5.32 Å². The quantitative estimate of drug-likeness (QED) is 0.491. The Kier molecular flexibility index (Phi) is 9.84. The molecule has 0 fully saturated rings. The smallest absolute Gasteiger partial charge is 0.244 e. The van der Waals surface area contributed by atoms with Gasteiger partial charge in [0.2, 0.25) is 21.8 Å². The maximum atomic E-state index is 13.5. The number of carbonyl (C=O) groups excluding carboxylic acids is 2. The van der Waals surface area contributed by atoms with Gasteiger partial charge in [0.25, 0.3) is 0 Å². The predicted octanol–water partition coefficient (Wildman–Crippen LogP) is 4.36. The fourth-order valence-corrected chi connectivity index (χ4v) is 4.77. The second-order valence-corrected chi connectivity index (χ2v) is 10.6. The molecule has 1 atom stereocenters. The van der Waals surface area contributed by atoms with Crippen molar-refractivity contribution in [3.63, 3.8) is 0 Å². The first kappa shape index (κ1) is 27.2. The number of hydrogen-bond acceptors (Lipinski definition) is 4. The molecule has 1 N–H and O–H groups in total. The summed E-state index contributed by atoms with van der Waals surface area (Å²) in [6.45, 7) is 3.53. The van der Waals surface area contributed by atoms with Gasteiger partial charge in [0.05, 0.1) is 11.9 Å². The fourth-order valence-electron chi connectivity index (χ4n) is 3.30. The van der Waals surface area contributed by atoms with Crippen LogP contribution < -0.4 is 9.62 Å². The molecule has 2 aromatic carbocycles. The van der Waals surface area contributed by atoms with Gasteiger partial charge in [-0.3, -0.25) is 13.9 Å². The number of nitrogens with zero attached hydrogens (tertiary/aromatic N) is 2. The van der Waals surface area contributed by atoms with Gasteiger partial charge in [-0.2, -0.15) is 0 Å². The number of sulfonamides is 1. The minimum absolute atomic E-state index is 0.0968. The van der Waals surface area contributed by atoms with Crippen molar-refractivity contribution in [2.24, 2.45) is 0 Å². The Labute approximate surface area is 209 Å². The minimum atomic E-state index is -3.87. The molecule has 0 spiro atoms. The molecule has 2 amide bonds. The molecule has 0 radical (unpaired) electrons. The maximum Gasteiger partial charge on any atom is 0.244 e. The van der Waals surface area contributed by atoms with Crippen molar-refractivity contribution in [2.45, 2.75) is 32.9 Å². The van der Waals surface area contributed by atoms with E-state index >= 15 is 0 Å². The van der Waals surface area contributed by atoms with Crippen molar-refractivity contribution < 1.29 is 18.0 Å². The summed E-state index contributed by atoms with van der Waals surface area (Å²) < 4.78 is 26.0. The van der Waals surface area contributed by atoms with Crippen LogP contribution in [-0.2, 0) is 26.2 Å². The van der Waals surface area contributed by atoms with Gasteiger partial charge in [0.1, 0.15) is 12.6 Å². The molecule has 11 heteroatoms. The molecular formula is C22H26Cl3N3O4S. The first-order valence-electron chi connectivity index (χ1n) is 10.2. The van der Waals surface area contributed by atoms with E-state index in [0.717, 1.165) is 16.1 Å². The average Bonchev–Trinajstić information content (AvgIpc) is 2.71.